The van der Waals surface area contributed by atoms with Crippen LogP contribution in [0.25, 0.3) is 0 Å². The van der Waals surface area contributed by atoms with Crippen molar-refractivity contribution < 1.29 is 14.6 Å². The molecule has 0 radical (unpaired) electrons. The lowest BCUT2D eigenvalue weighted by atomic mass is 10.2. The Morgan fingerprint density at radius 3 is 2.83 bits per heavy atom. The molecular weight excluding hydrogens is 256 g/mol. The number of hydrogen-bond acceptors (Lipinski definition) is 4. The van der Waals surface area contributed by atoms with Crippen LogP contribution in [0.2, 0.25) is 5.02 Å². The van der Waals surface area contributed by atoms with Gasteiger partial charge in [-0.25, -0.2) is 0 Å². The quantitative estimate of drug-likeness (QED) is 0.729. The maximum atomic E-state index is 11.8. The fourth-order valence-electron chi connectivity index (χ4n) is 1.37. The second kappa shape index (κ2) is 7.20. The summed E-state index contributed by atoms with van der Waals surface area (Å²) in [6.45, 7) is 2.08. The lowest BCUT2D eigenvalue weighted by Gasteiger charge is -2.13. The third-order valence-corrected chi connectivity index (χ3v) is 2.67. The highest BCUT2D eigenvalue weighted by molar-refractivity contribution is 6.32. The Labute approximate surface area is 111 Å². The fraction of sp³-hybridized carbons (Fsp3) is 0.417. The zero-order valence-electron chi connectivity index (χ0n) is 10.4. The van der Waals surface area contributed by atoms with Gasteiger partial charge in [-0.3, -0.25) is 4.79 Å². The minimum Gasteiger partial charge on any atom is -0.495 e. The van der Waals surface area contributed by atoms with Gasteiger partial charge in [0, 0.05) is 12.2 Å². The lowest BCUT2D eigenvalue weighted by molar-refractivity contribution is -0.117. The first-order valence-electron chi connectivity index (χ1n) is 5.57. The van der Waals surface area contributed by atoms with Crippen molar-refractivity contribution in [2.75, 3.05) is 25.6 Å². The number of hydrogen-bond donors (Lipinski definition) is 3. The maximum absolute atomic E-state index is 11.8. The van der Waals surface area contributed by atoms with E-state index in [4.69, 9.17) is 21.4 Å². The number of anilines is 1. The van der Waals surface area contributed by atoms with Crippen LogP contribution in [-0.2, 0) is 4.79 Å². The van der Waals surface area contributed by atoms with Gasteiger partial charge in [0.2, 0.25) is 5.91 Å². The van der Waals surface area contributed by atoms with Crippen LogP contribution in [0, 0.1) is 0 Å². The number of amides is 1. The molecule has 0 saturated heterocycles. The molecule has 1 unspecified atom stereocenters. The number of carbonyl (C=O) groups is 1. The van der Waals surface area contributed by atoms with E-state index in [1.54, 1.807) is 25.1 Å². The van der Waals surface area contributed by atoms with Crippen molar-refractivity contribution >= 4 is 23.2 Å². The molecule has 1 aromatic rings. The molecule has 1 atom stereocenters. The van der Waals surface area contributed by atoms with Gasteiger partial charge in [0.15, 0.2) is 0 Å². The highest BCUT2D eigenvalue weighted by atomic mass is 35.5. The minimum absolute atomic E-state index is 0.00795. The standard InChI is InChI=1S/C12H17ClN2O3/c1-8(14-5-6-16)12(17)15-9-3-4-11(18-2)10(13)7-9/h3-4,7-8,14,16H,5-6H2,1-2H3,(H,15,17). The van der Waals surface area contributed by atoms with Gasteiger partial charge >= 0.3 is 0 Å². The molecule has 0 bridgehead atoms. The van der Waals surface area contributed by atoms with Gasteiger partial charge in [-0.15, -0.1) is 0 Å². The highest BCUT2D eigenvalue weighted by Gasteiger charge is 2.12. The Hall–Kier alpha value is -1.30. The van der Waals surface area contributed by atoms with Crippen molar-refractivity contribution in [1.82, 2.24) is 5.32 Å². The van der Waals surface area contributed by atoms with Gasteiger partial charge in [0.1, 0.15) is 5.75 Å². The summed E-state index contributed by atoms with van der Waals surface area (Å²) in [5.41, 5.74) is 0.600. The number of aliphatic hydroxyl groups is 1. The Morgan fingerprint density at radius 1 is 1.56 bits per heavy atom. The second-order valence-corrected chi connectivity index (χ2v) is 4.15. The molecule has 0 aliphatic rings. The van der Waals surface area contributed by atoms with Crippen molar-refractivity contribution in [3.05, 3.63) is 23.2 Å². The molecular formula is C12H17ClN2O3. The first kappa shape index (κ1) is 14.8. The summed E-state index contributed by atoms with van der Waals surface area (Å²) in [6, 6.07) is 4.63. The van der Waals surface area contributed by atoms with Crippen LogP contribution in [0.3, 0.4) is 0 Å². The van der Waals surface area contributed by atoms with E-state index < -0.39 is 6.04 Å². The molecule has 1 amide bonds. The SMILES string of the molecule is COc1ccc(NC(=O)C(C)NCCO)cc1Cl. The molecule has 0 aliphatic heterocycles. The number of halogens is 1. The van der Waals surface area contributed by atoms with Crippen LogP contribution in [0.1, 0.15) is 6.92 Å². The Morgan fingerprint density at radius 2 is 2.28 bits per heavy atom. The molecule has 100 valence electrons. The summed E-state index contributed by atoms with van der Waals surface area (Å²) in [7, 11) is 1.53. The molecule has 6 heteroatoms. The Balaban J connectivity index is 2.61. The van der Waals surface area contributed by atoms with Gasteiger partial charge in [-0.2, -0.15) is 0 Å². The number of nitrogens with one attached hydrogen (secondary N) is 2. The van der Waals surface area contributed by atoms with Gasteiger partial charge in [-0.05, 0) is 25.1 Å². The lowest BCUT2D eigenvalue weighted by Crippen LogP contribution is -2.39. The zero-order chi connectivity index (χ0) is 13.5. The molecule has 0 fully saturated rings. The average Bonchev–Trinajstić information content (AvgIpc) is 2.36. The van der Waals surface area contributed by atoms with Crippen molar-refractivity contribution in [2.45, 2.75) is 13.0 Å². The number of carbonyl (C=O) groups excluding carboxylic acids is 1. The Kier molecular flexibility index (Phi) is 5.91. The first-order valence-corrected chi connectivity index (χ1v) is 5.95. The van der Waals surface area contributed by atoms with Crippen molar-refractivity contribution in [1.29, 1.82) is 0 Å². The largest absolute Gasteiger partial charge is 0.495 e. The maximum Gasteiger partial charge on any atom is 0.241 e. The summed E-state index contributed by atoms with van der Waals surface area (Å²) in [5.74, 6) is 0.366. The van der Waals surface area contributed by atoms with Crippen LogP contribution in [0.4, 0.5) is 5.69 Å². The van der Waals surface area contributed by atoms with Crippen LogP contribution in [0.15, 0.2) is 18.2 Å². The monoisotopic (exact) mass is 272 g/mol. The van der Waals surface area contributed by atoms with Gasteiger partial charge < -0.3 is 20.5 Å². The van der Waals surface area contributed by atoms with Gasteiger partial charge in [0.05, 0.1) is 24.8 Å². The van der Waals surface area contributed by atoms with E-state index in [1.165, 1.54) is 7.11 Å². The molecule has 0 saturated carbocycles. The Bertz CT molecular complexity index is 412. The van der Waals surface area contributed by atoms with Crippen molar-refractivity contribution in [3.8, 4) is 5.75 Å². The topological polar surface area (TPSA) is 70.6 Å². The molecule has 18 heavy (non-hydrogen) atoms. The fourth-order valence-corrected chi connectivity index (χ4v) is 1.63. The molecule has 0 heterocycles. The third-order valence-electron chi connectivity index (χ3n) is 2.37. The summed E-state index contributed by atoms with van der Waals surface area (Å²) in [6.07, 6.45) is 0. The number of methoxy groups -OCH3 is 1. The van der Waals surface area contributed by atoms with E-state index in [-0.39, 0.29) is 12.5 Å². The normalized spacial score (nSPS) is 12.0. The predicted octanol–water partition coefficient (Wildman–Crippen LogP) is 1.26. The smallest absolute Gasteiger partial charge is 0.241 e. The van der Waals surface area contributed by atoms with E-state index in [9.17, 15) is 4.79 Å². The number of benzene rings is 1. The highest BCUT2D eigenvalue weighted by Crippen LogP contribution is 2.27. The predicted molar refractivity (Wildman–Crippen MR) is 71.2 cm³/mol. The molecule has 0 spiro atoms. The number of ether oxygens (including phenoxy) is 1. The number of rotatable bonds is 6. The van der Waals surface area contributed by atoms with E-state index in [0.29, 0.717) is 23.0 Å². The van der Waals surface area contributed by atoms with Gasteiger partial charge in [0.25, 0.3) is 0 Å². The molecule has 0 aliphatic carbocycles. The first-order chi connectivity index (χ1) is 8.58. The summed E-state index contributed by atoms with van der Waals surface area (Å²) >= 11 is 5.95. The molecule has 1 aromatic carbocycles. The number of aliphatic hydroxyl groups excluding tert-OH is 1. The van der Waals surface area contributed by atoms with Crippen molar-refractivity contribution in [3.63, 3.8) is 0 Å². The van der Waals surface area contributed by atoms with Crippen molar-refractivity contribution in [2.24, 2.45) is 0 Å². The molecule has 5 nitrogen and oxygen atoms in total. The van der Waals surface area contributed by atoms with E-state index in [0.717, 1.165) is 0 Å². The molecule has 0 aromatic heterocycles. The van der Waals surface area contributed by atoms with Crippen LogP contribution in [-0.4, -0.2) is 37.3 Å². The van der Waals surface area contributed by atoms with Crippen LogP contribution in [0.5, 0.6) is 5.75 Å². The zero-order valence-corrected chi connectivity index (χ0v) is 11.1. The minimum atomic E-state index is -0.391. The summed E-state index contributed by atoms with van der Waals surface area (Å²) in [4.78, 5) is 11.8. The van der Waals surface area contributed by atoms with E-state index in [2.05, 4.69) is 10.6 Å². The van der Waals surface area contributed by atoms with E-state index in [1.807, 2.05) is 0 Å². The van der Waals surface area contributed by atoms with Crippen LogP contribution < -0.4 is 15.4 Å². The molecule has 3 N–H and O–H groups in total. The average molecular weight is 273 g/mol. The third kappa shape index (κ3) is 4.18. The van der Waals surface area contributed by atoms with Crippen LogP contribution >= 0.6 is 11.6 Å². The van der Waals surface area contributed by atoms with Gasteiger partial charge in [-0.1, -0.05) is 11.6 Å². The summed E-state index contributed by atoms with van der Waals surface area (Å²) in [5, 5.41) is 14.7. The molecule has 1 rings (SSSR count). The second-order valence-electron chi connectivity index (χ2n) is 3.74. The summed E-state index contributed by atoms with van der Waals surface area (Å²) < 4.78 is 5.02. The van der Waals surface area contributed by atoms with E-state index >= 15 is 0 Å².